The van der Waals surface area contributed by atoms with E-state index in [2.05, 4.69) is 25.1 Å². The van der Waals surface area contributed by atoms with Crippen LogP contribution >= 0.6 is 0 Å². The summed E-state index contributed by atoms with van der Waals surface area (Å²) in [5, 5.41) is 10.9. The summed E-state index contributed by atoms with van der Waals surface area (Å²) in [5.41, 5.74) is 5.79. The topological polar surface area (TPSA) is 116 Å². The average Bonchev–Trinajstić information content (AvgIpc) is 2.98. The van der Waals surface area contributed by atoms with Crippen LogP contribution in [0.3, 0.4) is 0 Å². The van der Waals surface area contributed by atoms with E-state index >= 15 is 0 Å². The Morgan fingerprint density at radius 1 is 1.12 bits per heavy atom. The molecule has 1 fully saturated rings. The molecule has 3 rings (SSSR count). The smallest absolute Gasteiger partial charge is 0.285 e. The molecule has 3 heterocycles. The largest absolute Gasteiger partial charge is 0.379 e. The van der Waals surface area contributed by atoms with Crippen molar-refractivity contribution in [2.45, 2.75) is 0 Å². The first kappa shape index (κ1) is 10.0. The fourth-order valence-electron chi connectivity index (χ4n) is 1.55. The summed E-state index contributed by atoms with van der Waals surface area (Å²) in [6.45, 7) is 2.76. The van der Waals surface area contributed by atoms with Gasteiger partial charge >= 0.3 is 0 Å². The monoisotopic (exact) mass is 238 g/mol. The summed E-state index contributed by atoms with van der Waals surface area (Å²) in [5.74, 6) is 0.818. The number of aromatic nitrogens is 4. The second-order valence-corrected chi connectivity index (χ2v) is 3.50. The maximum absolute atomic E-state index is 5.53. The van der Waals surface area contributed by atoms with Crippen molar-refractivity contribution in [3.63, 3.8) is 0 Å². The van der Waals surface area contributed by atoms with Gasteiger partial charge in [-0.15, -0.1) is 0 Å². The fraction of sp³-hybridized carbons (Fsp3) is 0.500. The van der Waals surface area contributed by atoms with E-state index in [0.29, 0.717) is 19.2 Å². The Morgan fingerprint density at radius 2 is 1.94 bits per heavy atom. The molecule has 0 atom stereocenters. The first-order chi connectivity index (χ1) is 8.34. The van der Waals surface area contributed by atoms with Crippen LogP contribution in [0.4, 0.5) is 11.8 Å². The molecule has 0 amide bonds. The summed E-state index contributed by atoms with van der Waals surface area (Å²) in [6.07, 6.45) is 0. The lowest BCUT2D eigenvalue weighted by molar-refractivity contribution is 0.121. The van der Waals surface area contributed by atoms with Gasteiger partial charge in [-0.2, -0.15) is 4.98 Å². The van der Waals surface area contributed by atoms with Crippen LogP contribution in [0.2, 0.25) is 0 Å². The lowest BCUT2D eigenvalue weighted by Crippen LogP contribution is -2.36. The molecular formula is C8H10N6O3. The summed E-state index contributed by atoms with van der Waals surface area (Å²) in [4.78, 5) is 6.15. The van der Waals surface area contributed by atoms with Gasteiger partial charge in [0, 0.05) is 13.1 Å². The molecule has 9 heteroatoms. The predicted molar refractivity (Wildman–Crippen MR) is 55.0 cm³/mol. The van der Waals surface area contributed by atoms with E-state index in [4.69, 9.17) is 15.0 Å². The maximum atomic E-state index is 5.53. The Morgan fingerprint density at radius 3 is 2.65 bits per heavy atom. The summed E-state index contributed by atoms with van der Waals surface area (Å²) in [6, 6.07) is 0. The summed E-state index contributed by atoms with van der Waals surface area (Å²) >= 11 is 0. The molecule has 0 bridgehead atoms. The molecule has 0 radical (unpaired) electrons. The van der Waals surface area contributed by atoms with Crippen LogP contribution in [0.1, 0.15) is 0 Å². The molecule has 1 saturated heterocycles. The molecule has 1 aliphatic rings. The fourth-order valence-corrected chi connectivity index (χ4v) is 1.55. The minimum Gasteiger partial charge on any atom is -0.379 e. The lowest BCUT2D eigenvalue weighted by Gasteiger charge is -2.24. The quantitative estimate of drug-likeness (QED) is 0.741. The number of nitrogen functional groups attached to an aromatic ring is 1. The van der Waals surface area contributed by atoms with Gasteiger partial charge in [0.1, 0.15) is 0 Å². The highest BCUT2D eigenvalue weighted by Gasteiger charge is 2.21. The Bertz CT molecular complexity index is 503. The molecule has 0 spiro atoms. The number of nitrogens with two attached hydrogens (primary N) is 1. The van der Waals surface area contributed by atoms with E-state index in [1.807, 2.05) is 4.90 Å². The van der Waals surface area contributed by atoms with E-state index in [-0.39, 0.29) is 17.4 Å². The van der Waals surface area contributed by atoms with Crippen molar-refractivity contribution in [3.05, 3.63) is 0 Å². The van der Waals surface area contributed by atoms with Crippen molar-refractivity contribution in [1.82, 2.24) is 20.5 Å². The summed E-state index contributed by atoms with van der Waals surface area (Å²) in [7, 11) is 0. The molecule has 1 aliphatic heterocycles. The van der Waals surface area contributed by atoms with E-state index in [1.165, 1.54) is 0 Å². The second-order valence-electron chi connectivity index (χ2n) is 3.50. The highest BCUT2D eigenvalue weighted by molar-refractivity contribution is 5.61. The number of nitrogens with zero attached hydrogens (tertiary/aromatic N) is 5. The standard InChI is InChI=1S/C8H10N6O3/c9-6-5(11-17-12-6)7-10-8(13-16-7)14-1-3-15-4-2-14/h1-4H2,(H2,9,12). The number of anilines is 2. The zero-order valence-corrected chi connectivity index (χ0v) is 8.87. The van der Waals surface area contributed by atoms with E-state index in [1.54, 1.807) is 0 Å². The normalized spacial score (nSPS) is 16.4. The van der Waals surface area contributed by atoms with Crippen LogP contribution in [0.15, 0.2) is 9.15 Å². The highest BCUT2D eigenvalue weighted by atomic mass is 16.6. The van der Waals surface area contributed by atoms with Crippen LogP contribution in [0.5, 0.6) is 0 Å². The van der Waals surface area contributed by atoms with Gasteiger partial charge in [0.25, 0.3) is 11.8 Å². The van der Waals surface area contributed by atoms with Crippen molar-refractivity contribution in [3.8, 4) is 11.6 Å². The Labute approximate surface area is 95.5 Å². The van der Waals surface area contributed by atoms with Crippen LogP contribution in [0, 0.1) is 0 Å². The molecule has 0 saturated carbocycles. The molecule has 0 unspecified atom stereocenters. The SMILES string of the molecule is Nc1nonc1-c1nc(N2CCOCC2)no1. The molecule has 2 N–H and O–H groups in total. The van der Waals surface area contributed by atoms with Gasteiger partial charge in [-0.05, 0) is 15.5 Å². The van der Waals surface area contributed by atoms with Crippen molar-refractivity contribution >= 4 is 11.8 Å². The number of hydrogen-bond donors (Lipinski definition) is 1. The lowest BCUT2D eigenvalue weighted by atomic mass is 10.4. The van der Waals surface area contributed by atoms with Crippen molar-refractivity contribution in [2.75, 3.05) is 36.9 Å². The summed E-state index contributed by atoms with van der Waals surface area (Å²) < 4.78 is 14.8. The van der Waals surface area contributed by atoms with Gasteiger partial charge in [-0.1, -0.05) is 0 Å². The van der Waals surface area contributed by atoms with Gasteiger partial charge in [0.15, 0.2) is 0 Å². The van der Waals surface area contributed by atoms with Gasteiger partial charge in [0.05, 0.1) is 13.2 Å². The number of ether oxygens (including phenoxy) is 1. The molecular weight excluding hydrogens is 228 g/mol. The Hall–Kier alpha value is -2.16. The molecule has 2 aromatic rings. The molecule has 2 aromatic heterocycles. The Kier molecular flexibility index (Phi) is 2.37. The van der Waals surface area contributed by atoms with Crippen LogP contribution in [-0.4, -0.2) is 46.8 Å². The molecule has 9 nitrogen and oxygen atoms in total. The minimum absolute atomic E-state index is 0.127. The minimum atomic E-state index is 0.127. The van der Waals surface area contributed by atoms with E-state index in [0.717, 1.165) is 13.1 Å². The zero-order valence-electron chi connectivity index (χ0n) is 8.87. The number of morpholine rings is 1. The number of rotatable bonds is 2. The van der Waals surface area contributed by atoms with Crippen molar-refractivity contribution < 1.29 is 13.9 Å². The number of hydrogen-bond acceptors (Lipinski definition) is 9. The van der Waals surface area contributed by atoms with Crippen LogP contribution in [0.25, 0.3) is 11.6 Å². The first-order valence-corrected chi connectivity index (χ1v) is 5.09. The third-order valence-electron chi connectivity index (χ3n) is 2.43. The highest BCUT2D eigenvalue weighted by Crippen LogP contribution is 2.22. The third-order valence-corrected chi connectivity index (χ3v) is 2.43. The zero-order chi connectivity index (χ0) is 11.7. The van der Waals surface area contributed by atoms with Gasteiger partial charge in [0.2, 0.25) is 11.5 Å². The predicted octanol–water partition coefficient (Wildman–Crippen LogP) is -0.462. The second kappa shape index (κ2) is 4.01. The Balaban J connectivity index is 1.85. The van der Waals surface area contributed by atoms with Crippen molar-refractivity contribution in [1.29, 1.82) is 0 Å². The third kappa shape index (κ3) is 1.80. The molecule has 17 heavy (non-hydrogen) atoms. The molecule has 0 aromatic carbocycles. The van der Waals surface area contributed by atoms with Gasteiger partial charge in [-0.3, -0.25) is 0 Å². The van der Waals surface area contributed by atoms with E-state index < -0.39 is 0 Å². The van der Waals surface area contributed by atoms with Crippen LogP contribution < -0.4 is 10.6 Å². The van der Waals surface area contributed by atoms with Gasteiger partial charge in [-0.25, -0.2) is 4.63 Å². The van der Waals surface area contributed by atoms with Crippen LogP contribution in [-0.2, 0) is 4.74 Å². The average molecular weight is 238 g/mol. The first-order valence-electron chi connectivity index (χ1n) is 5.09. The van der Waals surface area contributed by atoms with Crippen molar-refractivity contribution in [2.24, 2.45) is 0 Å². The maximum Gasteiger partial charge on any atom is 0.285 e. The molecule has 0 aliphatic carbocycles. The van der Waals surface area contributed by atoms with E-state index in [9.17, 15) is 0 Å². The molecule has 90 valence electrons. The van der Waals surface area contributed by atoms with Gasteiger partial charge < -0.3 is 19.9 Å².